The standard InChI is InChI=1S/C17H23N3O4S2/c1-3-26(22,23)20-8-6-13(7-9-20)17(21)18-10-14-4-5-16(24-14)15-11-25-12(2)19-15/h4-5,11,13H,3,6-10H2,1-2H3,(H,18,21). The number of carbonyl (C=O) groups excluding carboxylic acids is 1. The van der Waals surface area contributed by atoms with Crippen molar-refractivity contribution < 1.29 is 17.6 Å². The minimum atomic E-state index is -3.17. The van der Waals surface area contributed by atoms with Crippen molar-refractivity contribution in [2.75, 3.05) is 18.8 Å². The molecule has 9 heteroatoms. The zero-order valence-corrected chi connectivity index (χ0v) is 16.5. The summed E-state index contributed by atoms with van der Waals surface area (Å²) in [5, 5.41) is 5.80. The van der Waals surface area contributed by atoms with E-state index in [-0.39, 0.29) is 17.6 Å². The number of sulfonamides is 1. The number of hydrogen-bond acceptors (Lipinski definition) is 6. The normalized spacial score (nSPS) is 16.7. The van der Waals surface area contributed by atoms with Gasteiger partial charge in [0.05, 0.1) is 17.3 Å². The van der Waals surface area contributed by atoms with Gasteiger partial charge in [0.1, 0.15) is 11.5 Å². The van der Waals surface area contributed by atoms with Gasteiger partial charge in [-0.25, -0.2) is 17.7 Å². The van der Waals surface area contributed by atoms with Gasteiger partial charge < -0.3 is 9.73 Å². The van der Waals surface area contributed by atoms with Gasteiger partial charge in [0.2, 0.25) is 15.9 Å². The average molecular weight is 398 g/mol. The van der Waals surface area contributed by atoms with Crippen LogP contribution in [0.15, 0.2) is 21.9 Å². The van der Waals surface area contributed by atoms with Crippen molar-refractivity contribution >= 4 is 27.3 Å². The number of nitrogens with zero attached hydrogens (tertiary/aromatic N) is 2. The molecule has 0 unspecified atom stereocenters. The summed E-state index contributed by atoms with van der Waals surface area (Å²) in [6.07, 6.45) is 1.10. The fourth-order valence-corrected chi connectivity index (χ4v) is 4.72. The van der Waals surface area contributed by atoms with E-state index in [4.69, 9.17) is 4.42 Å². The van der Waals surface area contributed by atoms with Gasteiger partial charge in [-0.2, -0.15) is 0 Å². The van der Waals surface area contributed by atoms with E-state index in [1.54, 1.807) is 18.3 Å². The molecule has 1 aliphatic heterocycles. The fourth-order valence-electron chi connectivity index (χ4n) is 2.98. The van der Waals surface area contributed by atoms with Crippen LogP contribution in [0.3, 0.4) is 0 Å². The van der Waals surface area contributed by atoms with Crippen LogP contribution in [0, 0.1) is 12.8 Å². The van der Waals surface area contributed by atoms with Crippen molar-refractivity contribution in [1.29, 1.82) is 0 Å². The van der Waals surface area contributed by atoms with E-state index in [0.29, 0.717) is 44.0 Å². The highest BCUT2D eigenvalue weighted by atomic mass is 32.2. The number of piperidine rings is 1. The predicted molar refractivity (Wildman–Crippen MR) is 100 cm³/mol. The second kappa shape index (κ2) is 7.89. The van der Waals surface area contributed by atoms with Gasteiger partial charge in [0, 0.05) is 24.4 Å². The average Bonchev–Trinajstić information content (AvgIpc) is 3.28. The maximum atomic E-state index is 12.3. The first-order valence-electron chi connectivity index (χ1n) is 8.66. The minimum absolute atomic E-state index is 0.0546. The third-order valence-electron chi connectivity index (χ3n) is 4.55. The van der Waals surface area contributed by atoms with Gasteiger partial charge >= 0.3 is 0 Å². The molecule has 3 heterocycles. The van der Waals surface area contributed by atoms with Crippen LogP contribution in [-0.2, 0) is 21.4 Å². The van der Waals surface area contributed by atoms with Gasteiger partial charge in [-0.1, -0.05) is 0 Å². The predicted octanol–water partition coefficient (Wildman–Crippen LogP) is 2.39. The van der Waals surface area contributed by atoms with Gasteiger partial charge in [-0.15, -0.1) is 11.3 Å². The highest BCUT2D eigenvalue weighted by Gasteiger charge is 2.30. The van der Waals surface area contributed by atoms with E-state index >= 15 is 0 Å². The highest BCUT2D eigenvalue weighted by Crippen LogP contribution is 2.24. The van der Waals surface area contributed by atoms with Crippen molar-refractivity contribution in [1.82, 2.24) is 14.6 Å². The van der Waals surface area contributed by atoms with Crippen LogP contribution in [0.4, 0.5) is 0 Å². The molecule has 1 fully saturated rings. The maximum absolute atomic E-state index is 12.3. The first-order chi connectivity index (χ1) is 12.4. The smallest absolute Gasteiger partial charge is 0.223 e. The van der Waals surface area contributed by atoms with Crippen LogP contribution in [0.1, 0.15) is 30.5 Å². The number of aromatic nitrogens is 1. The lowest BCUT2D eigenvalue weighted by atomic mass is 9.97. The lowest BCUT2D eigenvalue weighted by Gasteiger charge is -2.30. The Balaban J connectivity index is 1.50. The maximum Gasteiger partial charge on any atom is 0.223 e. The molecule has 1 amide bonds. The Morgan fingerprint density at radius 3 is 2.73 bits per heavy atom. The largest absolute Gasteiger partial charge is 0.458 e. The van der Waals surface area contributed by atoms with Crippen molar-refractivity contribution in [3.05, 3.63) is 28.3 Å². The number of furan rings is 1. The zero-order chi connectivity index (χ0) is 18.7. The Bertz CT molecular complexity index is 864. The topological polar surface area (TPSA) is 92.5 Å². The Morgan fingerprint density at radius 1 is 1.38 bits per heavy atom. The van der Waals surface area contributed by atoms with Crippen LogP contribution in [-0.4, -0.2) is 42.5 Å². The number of hydrogen-bond donors (Lipinski definition) is 1. The second-order valence-electron chi connectivity index (χ2n) is 6.31. The molecular weight excluding hydrogens is 374 g/mol. The summed E-state index contributed by atoms with van der Waals surface area (Å²) in [6.45, 7) is 4.70. The van der Waals surface area contributed by atoms with Crippen molar-refractivity contribution in [3.8, 4) is 11.5 Å². The molecule has 1 saturated heterocycles. The van der Waals surface area contributed by atoms with E-state index in [1.165, 1.54) is 4.31 Å². The molecule has 142 valence electrons. The highest BCUT2D eigenvalue weighted by molar-refractivity contribution is 7.89. The summed E-state index contributed by atoms with van der Waals surface area (Å²) < 4.78 is 31.0. The first kappa shape index (κ1) is 19.1. The second-order valence-corrected chi connectivity index (χ2v) is 9.63. The molecule has 26 heavy (non-hydrogen) atoms. The summed E-state index contributed by atoms with van der Waals surface area (Å²) in [6, 6.07) is 3.69. The van der Waals surface area contributed by atoms with Gasteiger partial charge in [-0.05, 0) is 38.8 Å². The summed E-state index contributed by atoms with van der Waals surface area (Å²) in [4.78, 5) is 16.7. The van der Waals surface area contributed by atoms with Gasteiger partial charge in [0.25, 0.3) is 0 Å². The molecule has 1 aliphatic rings. The molecule has 0 aromatic carbocycles. The third-order valence-corrected chi connectivity index (χ3v) is 7.21. The quantitative estimate of drug-likeness (QED) is 0.808. The number of rotatable bonds is 6. The van der Waals surface area contributed by atoms with Gasteiger partial charge in [0.15, 0.2) is 5.76 Å². The molecule has 0 saturated carbocycles. The number of thiazole rings is 1. The van der Waals surface area contributed by atoms with Gasteiger partial charge in [-0.3, -0.25) is 4.79 Å². The molecule has 0 bridgehead atoms. The minimum Gasteiger partial charge on any atom is -0.458 e. The molecule has 3 rings (SSSR count). The van der Waals surface area contributed by atoms with Crippen LogP contribution in [0.25, 0.3) is 11.5 Å². The summed E-state index contributed by atoms with van der Waals surface area (Å²) in [5.74, 6) is 1.25. The Hall–Kier alpha value is -1.71. The van der Waals surface area contributed by atoms with E-state index in [0.717, 1.165) is 10.7 Å². The summed E-state index contributed by atoms with van der Waals surface area (Å²) in [7, 11) is -3.17. The summed E-state index contributed by atoms with van der Waals surface area (Å²) in [5.41, 5.74) is 0.801. The molecule has 0 atom stereocenters. The molecular formula is C17H23N3O4S2. The lowest BCUT2D eigenvalue weighted by molar-refractivity contribution is -0.126. The van der Waals surface area contributed by atoms with Crippen LogP contribution in [0.5, 0.6) is 0 Å². The zero-order valence-electron chi connectivity index (χ0n) is 14.9. The third kappa shape index (κ3) is 4.33. The Morgan fingerprint density at radius 2 is 2.12 bits per heavy atom. The molecule has 0 aliphatic carbocycles. The van der Waals surface area contributed by atoms with Crippen molar-refractivity contribution in [3.63, 3.8) is 0 Å². The molecule has 1 N–H and O–H groups in total. The van der Waals surface area contributed by atoms with E-state index in [9.17, 15) is 13.2 Å². The van der Waals surface area contributed by atoms with Crippen molar-refractivity contribution in [2.45, 2.75) is 33.2 Å². The monoisotopic (exact) mass is 397 g/mol. The lowest BCUT2D eigenvalue weighted by Crippen LogP contribution is -2.43. The number of nitrogens with one attached hydrogen (secondary N) is 1. The van der Waals surface area contributed by atoms with Crippen LogP contribution < -0.4 is 5.32 Å². The molecule has 2 aromatic heterocycles. The Kier molecular flexibility index (Phi) is 5.79. The molecule has 7 nitrogen and oxygen atoms in total. The molecule has 0 radical (unpaired) electrons. The first-order valence-corrected chi connectivity index (χ1v) is 11.1. The van der Waals surface area contributed by atoms with E-state index < -0.39 is 10.0 Å². The van der Waals surface area contributed by atoms with Crippen LogP contribution >= 0.6 is 11.3 Å². The van der Waals surface area contributed by atoms with E-state index in [1.807, 2.05) is 24.4 Å². The van der Waals surface area contributed by atoms with Crippen LogP contribution in [0.2, 0.25) is 0 Å². The molecule has 0 spiro atoms. The number of amides is 1. The van der Waals surface area contributed by atoms with E-state index in [2.05, 4.69) is 10.3 Å². The van der Waals surface area contributed by atoms with Crippen molar-refractivity contribution in [2.24, 2.45) is 5.92 Å². The number of carbonyl (C=O) groups is 1. The Labute approximate surface area is 157 Å². The summed E-state index contributed by atoms with van der Waals surface area (Å²) >= 11 is 1.56. The fraction of sp³-hybridized carbons (Fsp3) is 0.529. The molecule has 2 aromatic rings. The number of aryl methyl sites for hydroxylation is 1. The SMILES string of the molecule is CCS(=O)(=O)N1CCC(C(=O)NCc2ccc(-c3csc(C)n3)o2)CC1.